The fraction of sp³-hybridized carbons (Fsp3) is 0.143. The van der Waals surface area contributed by atoms with E-state index in [0.717, 1.165) is 5.56 Å². The van der Waals surface area contributed by atoms with Crippen LogP contribution < -0.4 is 10.1 Å². The highest BCUT2D eigenvalue weighted by Crippen LogP contribution is 2.33. The Labute approximate surface area is 162 Å². The van der Waals surface area contributed by atoms with E-state index in [9.17, 15) is 9.18 Å². The van der Waals surface area contributed by atoms with Gasteiger partial charge < -0.3 is 10.1 Å². The number of amides is 1. The highest BCUT2D eigenvalue weighted by Gasteiger charge is 2.16. The summed E-state index contributed by atoms with van der Waals surface area (Å²) in [5, 5.41) is 3.39. The number of benzene rings is 2. The lowest BCUT2D eigenvalue weighted by atomic mass is 10.0. The zero-order chi connectivity index (χ0) is 19.4. The van der Waals surface area contributed by atoms with Crippen molar-refractivity contribution in [2.24, 2.45) is 0 Å². The number of aromatic nitrogens is 1. The number of nitrogens with zero attached hydrogens (tertiary/aromatic N) is 1. The van der Waals surface area contributed by atoms with Crippen molar-refractivity contribution in [2.75, 3.05) is 7.11 Å². The SMILES string of the molecule is COc1cc(C(=O)NC(C)c2ccc(F)cc2)ccc1-c1ncccc1Cl. The van der Waals surface area contributed by atoms with Crippen molar-refractivity contribution in [2.45, 2.75) is 13.0 Å². The maximum Gasteiger partial charge on any atom is 0.251 e. The van der Waals surface area contributed by atoms with E-state index in [2.05, 4.69) is 10.3 Å². The second-order valence-electron chi connectivity index (χ2n) is 6.00. The zero-order valence-corrected chi connectivity index (χ0v) is 15.6. The molecule has 3 aromatic rings. The number of hydrogen-bond acceptors (Lipinski definition) is 3. The summed E-state index contributed by atoms with van der Waals surface area (Å²) in [5.74, 6) is -0.0766. The first-order valence-corrected chi connectivity index (χ1v) is 8.72. The third-order valence-electron chi connectivity index (χ3n) is 4.19. The summed E-state index contributed by atoms with van der Waals surface area (Å²) in [4.78, 5) is 16.9. The minimum Gasteiger partial charge on any atom is -0.496 e. The summed E-state index contributed by atoms with van der Waals surface area (Å²) in [5.41, 5.74) is 2.54. The second-order valence-corrected chi connectivity index (χ2v) is 6.40. The predicted molar refractivity (Wildman–Crippen MR) is 104 cm³/mol. The number of nitrogens with one attached hydrogen (secondary N) is 1. The van der Waals surface area contributed by atoms with Gasteiger partial charge in [0, 0.05) is 17.3 Å². The van der Waals surface area contributed by atoms with Gasteiger partial charge in [0.2, 0.25) is 0 Å². The summed E-state index contributed by atoms with van der Waals surface area (Å²) in [6.45, 7) is 1.84. The number of carbonyl (C=O) groups is 1. The Morgan fingerprint density at radius 1 is 1.19 bits per heavy atom. The van der Waals surface area contributed by atoms with Crippen LogP contribution in [0.3, 0.4) is 0 Å². The van der Waals surface area contributed by atoms with Crippen LogP contribution in [0.2, 0.25) is 5.02 Å². The molecule has 2 aromatic carbocycles. The van der Waals surface area contributed by atoms with E-state index in [1.54, 1.807) is 48.7 Å². The third kappa shape index (κ3) is 4.26. The molecule has 0 aliphatic carbocycles. The molecule has 1 N–H and O–H groups in total. The van der Waals surface area contributed by atoms with Gasteiger partial charge in [-0.3, -0.25) is 9.78 Å². The second kappa shape index (κ2) is 8.18. The van der Waals surface area contributed by atoms with Crippen molar-refractivity contribution in [3.05, 3.63) is 82.8 Å². The number of rotatable bonds is 5. The van der Waals surface area contributed by atoms with Crippen LogP contribution in [0, 0.1) is 5.82 Å². The van der Waals surface area contributed by atoms with Crippen LogP contribution in [0.15, 0.2) is 60.8 Å². The van der Waals surface area contributed by atoms with Crippen LogP contribution in [-0.2, 0) is 0 Å². The largest absolute Gasteiger partial charge is 0.496 e. The summed E-state index contributed by atoms with van der Waals surface area (Å²) < 4.78 is 18.5. The van der Waals surface area contributed by atoms with Crippen LogP contribution in [0.4, 0.5) is 4.39 Å². The Bertz CT molecular complexity index is 961. The molecule has 1 amide bonds. The first kappa shape index (κ1) is 18.9. The van der Waals surface area contributed by atoms with Gasteiger partial charge in [-0.1, -0.05) is 23.7 Å². The average molecular weight is 385 g/mol. The van der Waals surface area contributed by atoms with Gasteiger partial charge in [0.05, 0.1) is 23.9 Å². The third-order valence-corrected chi connectivity index (χ3v) is 4.50. The van der Waals surface area contributed by atoms with Crippen LogP contribution in [0.25, 0.3) is 11.3 Å². The number of halogens is 2. The number of methoxy groups -OCH3 is 1. The van der Waals surface area contributed by atoms with Crippen molar-refractivity contribution in [3.63, 3.8) is 0 Å². The minimum absolute atomic E-state index is 0.260. The molecule has 0 radical (unpaired) electrons. The molecule has 0 spiro atoms. The fourth-order valence-electron chi connectivity index (χ4n) is 2.73. The van der Waals surface area contributed by atoms with E-state index >= 15 is 0 Å². The van der Waals surface area contributed by atoms with Gasteiger partial charge in [-0.15, -0.1) is 0 Å². The predicted octanol–water partition coefficient (Wildman–Crippen LogP) is 5.04. The first-order chi connectivity index (χ1) is 13.0. The summed E-state index contributed by atoms with van der Waals surface area (Å²) in [6, 6.07) is 14.3. The van der Waals surface area contributed by atoms with Crippen LogP contribution in [-0.4, -0.2) is 18.0 Å². The van der Waals surface area contributed by atoms with Crippen molar-refractivity contribution in [1.82, 2.24) is 10.3 Å². The summed E-state index contributed by atoms with van der Waals surface area (Å²) in [7, 11) is 1.53. The highest BCUT2D eigenvalue weighted by atomic mass is 35.5. The van der Waals surface area contributed by atoms with Gasteiger partial charge in [0.15, 0.2) is 0 Å². The quantitative estimate of drug-likeness (QED) is 0.670. The Kier molecular flexibility index (Phi) is 5.72. The molecule has 1 heterocycles. The number of hydrogen-bond donors (Lipinski definition) is 1. The maximum atomic E-state index is 13.1. The fourth-order valence-corrected chi connectivity index (χ4v) is 2.95. The van der Waals surface area contributed by atoms with Crippen molar-refractivity contribution < 1.29 is 13.9 Å². The van der Waals surface area contributed by atoms with E-state index in [1.165, 1.54) is 19.2 Å². The van der Waals surface area contributed by atoms with Gasteiger partial charge in [0.25, 0.3) is 5.91 Å². The van der Waals surface area contributed by atoms with Gasteiger partial charge in [-0.25, -0.2) is 4.39 Å². The molecule has 138 valence electrons. The summed E-state index contributed by atoms with van der Waals surface area (Å²) in [6.07, 6.45) is 1.64. The van der Waals surface area contributed by atoms with E-state index in [0.29, 0.717) is 27.6 Å². The molecular weight excluding hydrogens is 367 g/mol. The number of pyridine rings is 1. The van der Waals surface area contributed by atoms with Gasteiger partial charge >= 0.3 is 0 Å². The summed E-state index contributed by atoms with van der Waals surface area (Å²) >= 11 is 6.21. The molecule has 0 aliphatic rings. The van der Waals surface area contributed by atoms with E-state index in [4.69, 9.17) is 16.3 Å². The van der Waals surface area contributed by atoms with E-state index in [-0.39, 0.29) is 17.8 Å². The van der Waals surface area contributed by atoms with Crippen LogP contribution in [0.1, 0.15) is 28.9 Å². The minimum atomic E-state index is -0.314. The standard InChI is InChI=1S/C21H18ClFN2O2/c1-13(14-5-8-16(23)9-6-14)25-21(26)15-7-10-17(19(12-15)27-2)20-18(22)4-3-11-24-20/h3-13H,1-2H3,(H,25,26). The van der Waals surface area contributed by atoms with Crippen molar-refractivity contribution in [3.8, 4) is 17.0 Å². The lowest BCUT2D eigenvalue weighted by Crippen LogP contribution is -2.26. The molecule has 6 heteroatoms. The van der Waals surface area contributed by atoms with Crippen molar-refractivity contribution in [1.29, 1.82) is 0 Å². The molecule has 1 unspecified atom stereocenters. The molecule has 4 nitrogen and oxygen atoms in total. The molecule has 0 saturated heterocycles. The first-order valence-electron chi connectivity index (χ1n) is 8.35. The lowest BCUT2D eigenvalue weighted by molar-refractivity contribution is 0.0939. The van der Waals surface area contributed by atoms with Gasteiger partial charge in [0.1, 0.15) is 11.6 Å². The van der Waals surface area contributed by atoms with Crippen LogP contribution >= 0.6 is 11.6 Å². The monoisotopic (exact) mass is 384 g/mol. The Balaban J connectivity index is 1.83. The molecular formula is C21H18ClFN2O2. The zero-order valence-electron chi connectivity index (χ0n) is 14.9. The molecule has 1 atom stereocenters. The van der Waals surface area contributed by atoms with Gasteiger partial charge in [-0.2, -0.15) is 0 Å². The molecule has 1 aromatic heterocycles. The Morgan fingerprint density at radius 3 is 2.59 bits per heavy atom. The molecule has 0 saturated carbocycles. The lowest BCUT2D eigenvalue weighted by Gasteiger charge is -2.16. The molecule has 0 aliphatic heterocycles. The molecule has 3 rings (SSSR count). The van der Waals surface area contributed by atoms with Crippen molar-refractivity contribution >= 4 is 17.5 Å². The maximum absolute atomic E-state index is 13.1. The highest BCUT2D eigenvalue weighted by molar-refractivity contribution is 6.33. The molecule has 0 fully saturated rings. The average Bonchev–Trinajstić information content (AvgIpc) is 2.68. The number of carbonyl (C=O) groups excluding carboxylic acids is 1. The molecule has 0 bridgehead atoms. The van der Waals surface area contributed by atoms with E-state index < -0.39 is 0 Å². The van der Waals surface area contributed by atoms with Crippen LogP contribution in [0.5, 0.6) is 5.75 Å². The Morgan fingerprint density at radius 2 is 1.93 bits per heavy atom. The number of ether oxygens (including phenoxy) is 1. The molecule has 27 heavy (non-hydrogen) atoms. The smallest absolute Gasteiger partial charge is 0.251 e. The van der Waals surface area contributed by atoms with E-state index in [1.807, 2.05) is 6.92 Å². The van der Waals surface area contributed by atoms with Gasteiger partial charge in [-0.05, 0) is 55.0 Å². The Hall–Kier alpha value is -2.92. The normalized spacial score (nSPS) is 11.7. The topological polar surface area (TPSA) is 51.2 Å².